The van der Waals surface area contributed by atoms with E-state index in [1.165, 1.54) is 11.6 Å². The Bertz CT molecular complexity index is 886. The zero-order chi connectivity index (χ0) is 19.9. The number of nitrogens with zero attached hydrogens (tertiary/aromatic N) is 2. The summed E-state index contributed by atoms with van der Waals surface area (Å²) in [5.41, 5.74) is 2.37. The Morgan fingerprint density at radius 2 is 1.96 bits per heavy atom. The number of methoxy groups -OCH3 is 1. The normalized spacial score (nSPS) is 18.4. The molecule has 150 valence electrons. The Hall–Kier alpha value is -2.41. The smallest absolute Gasteiger partial charge is 0.319 e. The molecule has 0 saturated carbocycles. The molecule has 2 aromatic rings. The second kappa shape index (κ2) is 7.20. The fourth-order valence-corrected chi connectivity index (χ4v) is 4.41. The molecule has 2 aliphatic rings. The maximum Gasteiger partial charge on any atom is 0.319 e. The molecule has 1 amide bonds. The lowest BCUT2D eigenvalue weighted by molar-refractivity contribution is -0.0937. The number of aryl methyl sites for hydroxylation is 1. The highest BCUT2D eigenvalue weighted by Crippen LogP contribution is 2.42. The van der Waals surface area contributed by atoms with Crippen LogP contribution in [0.15, 0.2) is 30.3 Å². The molecule has 5 nitrogen and oxygen atoms in total. The summed E-state index contributed by atoms with van der Waals surface area (Å²) >= 11 is 0. The number of carbonyl (C=O) groups excluding carboxylic acids is 1. The molecule has 1 saturated heterocycles. The molecule has 2 aliphatic heterocycles. The summed E-state index contributed by atoms with van der Waals surface area (Å²) in [6, 6.07) is 9.07. The molecule has 0 unspecified atom stereocenters. The highest BCUT2D eigenvalue weighted by Gasteiger charge is 2.42. The Morgan fingerprint density at radius 1 is 1.21 bits per heavy atom. The summed E-state index contributed by atoms with van der Waals surface area (Å²) in [4.78, 5) is 14.5. The fraction of sp³-hybridized carbons (Fsp3) is 0.476. The molecule has 1 fully saturated rings. The Kier molecular flexibility index (Phi) is 4.87. The molecule has 3 heterocycles. The molecule has 1 aromatic carbocycles. The number of halogens is 2. The van der Waals surface area contributed by atoms with E-state index in [0.717, 1.165) is 22.3 Å². The number of alkyl halides is 2. The largest absolute Gasteiger partial charge is 0.497 e. The number of hydrogen-bond donors (Lipinski definition) is 0. The van der Waals surface area contributed by atoms with Crippen molar-refractivity contribution in [2.24, 2.45) is 0 Å². The average Bonchev–Trinajstić information content (AvgIpc) is 3.09. The Balaban J connectivity index is 1.54. The number of rotatable bonds is 3. The van der Waals surface area contributed by atoms with Crippen molar-refractivity contribution in [2.75, 3.05) is 26.8 Å². The van der Waals surface area contributed by atoms with E-state index < -0.39 is 12.2 Å². The van der Waals surface area contributed by atoms with E-state index in [-0.39, 0.29) is 11.6 Å². The summed E-state index contributed by atoms with van der Waals surface area (Å²) < 4.78 is 39.0. The van der Waals surface area contributed by atoms with E-state index in [9.17, 15) is 13.6 Å². The zero-order valence-electron chi connectivity index (χ0n) is 16.1. The van der Waals surface area contributed by atoms with Crippen LogP contribution >= 0.6 is 0 Å². The Morgan fingerprint density at radius 3 is 2.64 bits per heavy atom. The van der Waals surface area contributed by atoms with Gasteiger partial charge < -0.3 is 14.4 Å². The number of fused-ring (bicyclic) bond motifs is 2. The van der Waals surface area contributed by atoms with Crippen molar-refractivity contribution in [3.8, 4) is 5.75 Å². The van der Waals surface area contributed by atoms with E-state index >= 15 is 0 Å². The molecular formula is C21H24F2N2O3. The predicted octanol–water partition coefficient (Wildman–Crippen LogP) is 3.90. The van der Waals surface area contributed by atoms with Crippen molar-refractivity contribution < 1.29 is 23.0 Å². The van der Waals surface area contributed by atoms with Gasteiger partial charge in [-0.1, -0.05) is 6.07 Å². The van der Waals surface area contributed by atoms with Crippen LogP contribution in [0, 0.1) is 6.92 Å². The van der Waals surface area contributed by atoms with Gasteiger partial charge in [0.05, 0.1) is 19.3 Å². The van der Waals surface area contributed by atoms with E-state index in [1.54, 1.807) is 25.0 Å². The second-order valence-electron chi connectivity index (χ2n) is 7.42. The fourth-order valence-electron chi connectivity index (χ4n) is 4.41. The standard InChI is InChI=1S/C21H24F2N2O3/c1-14-3-6-18(25(14)20(22)23)19(26)24-10-8-21(9-11-24)17-5-4-16(27-2)13-15(17)7-12-28-21/h3-6,13,20H,7-12H2,1-2H3. The molecule has 1 aromatic heterocycles. The third-order valence-electron chi connectivity index (χ3n) is 5.95. The first-order valence-electron chi connectivity index (χ1n) is 9.52. The van der Waals surface area contributed by atoms with Crippen LogP contribution in [-0.2, 0) is 16.8 Å². The van der Waals surface area contributed by atoms with Crippen LogP contribution in [-0.4, -0.2) is 42.2 Å². The van der Waals surface area contributed by atoms with E-state index in [1.807, 2.05) is 6.07 Å². The molecule has 0 bridgehead atoms. The number of ether oxygens (including phenoxy) is 2. The number of amides is 1. The summed E-state index contributed by atoms with van der Waals surface area (Å²) in [6.07, 6.45) is 2.12. The van der Waals surface area contributed by atoms with Crippen molar-refractivity contribution in [2.45, 2.75) is 38.3 Å². The van der Waals surface area contributed by atoms with E-state index in [0.29, 0.717) is 38.2 Å². The number of benzene rings is 1. The van der Waals surface area contributed by atoms with Gasteiger partial charge in [0.2, 0.25) is 0 Å². The van der Waals surface area contributed by atoms with Crippen LogP contribution in [0.4, 0.5) is 8.78 Å². The molecule has 4 rings (SSSR count). The van der Waals surface area contributed by atoms with Crippen LogP contribution in [0.5, 0.6) is 5.75 Å². The first kappa shape index (κ1) is 18.9. The van der Waals surface area contributed by atoms with Gasteiger partial charge in [0, 0.05) is 18.8 Å². The van der Waals surface area contributed by atoms with E-state index in [2.05, 4.69) is 12.1 Å². The van der Waals surface area contributed by atoms with Crippen LogP contribution in [0.3, 0.4) is 0 Å². The lowest BCUT2D eigenvalue weighted by Gasteiger charge is -2.45. The molecule has 0 radical (unpaired) electrons. The zero-order valence-corrected chi connectivity index (χ0v) is 16.1. The maximum atomic E-state index is 13.3. The van der Waals surface area contributed by atoms with Gasteiger partial charge in [-0.3, -0.25) is 9.36 Å². The molecule has 0 atom stereocenters. The van der Waals surface area contributed by atoms with Crippen LogP contribution in [0.2, 0.25) is 0 Å². The monoisotopic (exact) mass is 390 g/mol. The van der Waals surface area contributed by atoms with Gasteiger partial charge in [-0.25, -0.2) is 0 Å². The minimum Gasteiger partial charge on any atom is -0.497 e. The summed E-state index contributed by atoms with van der Waals surface area (Å²) in [5, 5.41) is 0. The minimum absolute atomic E-state index is 0.0400. The van der Waals surface area contributed by atoms with Gasteiger partial charge >= 0.3 is 6.55 Å². The molecule has 1 spiro atoms. The number of carbonyl (C=O) groups is 1. The lowest BCUT2D eigenvalue weighted by atomic mass is 9.79. The predicted molar refractivity (Wildman–Crippen MR) is 99.9 cm³/mol. The van der Waals surface area contributed by atoms with Crippen LogP contribution < -0.4 is 4.74 Å². The highest BCUT2D eigenvalue weighted by atomic mass is 19.3. The molecule has 7 heteroatoms. The first-order valence-corrected chi connectivity index (χ1v) is 9.52. The van der Waals surface area contributed by atoms with Crippen LogP contribution in [0.25, 0.3) is 0 Å². The van der Waals surface area contributed by atoms with Gasteiger partial charge in [-0.15, -0.1) is 0 Å². The third kappa shape index (κ3) is 3.07. The number of likely N-dealkylation sites (tertiary alicyclic amines) is 1. The third-order valence-corrected chi connectivity index (χ3v) is 5.95. The van der Waals surface area contributed by atoms with Gasteiger partial charge in [-0.2, -0.15) is 8.78 Å². The van der Waals surface area contributed by atoms with Crippen molar-refractivity contribution >= 4 is 5.91 Å². The maximum absolute atomic E-state index is 13.3. The van der Waals surface area contributed by atoms with Gasteiger partial charge in [0.15, 0.2) is 0 Å². The number of hydrogen-bond acceptors (Lipinski definition) is 3. The number of aromatic nitrogens is 1. The van der Waals surface area contributed by atoms with Crippen LogP contribution in [0.1, 0.15) is 46.7 Å². The highest BCUT2D eigenvalue weighted by molar-refractivity contribution is 5.93. The van der Waals surface area contributed by atoms with Gasteiger partial charge in [0.1, 0.15) is 11.4 Å². The Labute approximate surface area is 162 Å². The van der Waals surface area contributed by atoms with Gasteiger partial charge in [-0.05, 0) is 61.6 Å². The topological polar surface area (TPSA) is 43.7 Å². The van der Waals surface area contributed by atoms with Crippen molar-refractivity contribution in [3.63, 3.8) is 0 Å². The summed E-state index contributed by atoms with van der Waals surface area (Å²) in [7, 11) is 1.65. The van der Waals surface area contributed by atoms with E-state index in [4.69, 9.17) is 9.47 Å². The summed E-state index contributed by atoms with van der Waals surface area (Å²) in [5.74, 6) is 0.473. The van der Waals surface area contributed by atoms with Crippen molar-refractivity contribution in [3.05, 3.63) is 52.8 Å². The molecule has 0 aliphatic carbocycles. The average molecular weight is 390 g/mol. The second-order valence-corrected chi connectivity index (χ2v) is 7.42. The van der Waals surface area contributed by atoms with Crippen molar-refractivity contribution in [1.29, 1.82) is 0 Å². The van der Waals surface area contributed by atoms with Gasteiger partial charge in [0.25, 0.3) is 5.91 Å². The number of piperidine rings is 1. The molecular weight excluding hydrogens is 366 g/mol. The molecule has 28 heavy (non-hydrogen) atoms. The minimum atomic E-state index is -2.73. The summed E-state index contributed by atoms with van der Waals surface area (Å²) in [6.45, 7) is 0.417. The SMILES string of the molecule is COc1ccc2c(c1)CCOC21CCN(C(=O)c2ccc(C)n2C(F)F)CC1. The quantitative estimate of drug-likeness (QED) is 0.798. The molecule has 0 N–H and O–H groups in total. The first-order chi connectivity index (χ1) is 13.4. The van der Waals surface area contributed by atoms with Crippen molar-refractivity contribution in [1.82, 2.24) is 9.47 Å². The lowest BCUT2D eigenvalue weighted by Crippen LogP contribution is -2.48.